The van der Waals surface area contributed by atoms with Gasteiger partial charge in [-0.2, -0.15) is 0 Å². The molecule has 3 amide bonds. The first-order valence-corrected chi connectivity index (χ1v) is 9.55. The molecule has 0 bridgehead atoms. The topological polar surface area (TPSA) is 53.1 Å². The second kappa shape index (κ2) is 6.91. The highest BCUT2D eigenvalue weighted by Crippen LogP contribution is 2.44. The molecule has 0 unspecified atom stereocenters. The van der Waals surface area contributed by atoms with E-state index in [-0.39, 0.29) is 23.4 Å². The number of morpholine rings is 1. The average Bonchev–Trinajstić information content (AvgIpc) is 2.95. The number of hydrogen-bond donors (Lipinski definition) is 0. The third-order valence-corrected chi connectivity index (χ3v) is 6.37. The van der Waals surface area contributed by atoms with Crippen LogP contribution in [0.4, 0.5) is 4.79 Å². The molecule has 4 rings (SSSR count). The third-order valence-electron chi connectivity index (χ3n) is 6.37. The van der Waals surface area contributed by atoms with Gasteiger partial charge in [0.05, 0.1) is 19.1 Å². The van der Waals surface area contributed by atoms with Gasteiger partial charge in [-0.25, -0.2) is 4.79 Å². The van der Waals surface area contributed by atoms with Gasteiger partial charge in [-0.1, -0.05) is 30.3 Å². The van der Waals surface area contributed by atoms with Crippen LogP contribution in [0.15, 0.2) is 30.3 Å². The first kappa shape index (κ1) is 17.3. The predicted molar refractivity (Wildman–Crippen MR) is 97.9 cm³/mol. The summed E-state index contributed by atoms with van der Waals surface area (Å²) >= 11 is 0. The summed E-state index contributed by atoms with van der Waals surface area (Å²) < 4.78 is 5.34. The molecule has 0 aromatic heterocycles. The highest BCUT2D eigenvalue weighted by molar-refractivity contribution is 5.87. The molecule has 26 heavy (non-hydrogen) atoms. The van der Waals surface area contributed by atoms with Crippen LogP contribution in [0.5, 0.6) is 0 Å². The zero-order valence-corrected chi connectivity index (χ0v) is 15.4. The lowest BCUT2D eigenvalue weighted by atomic mass is 9.81. The summed E-state index contributed by atoms with van der Waals surface area (Å²) in [6, 6.07) is 10.2. The molecule has 0 saturated carbocycles. The molecule has 3 fully saturated rings. The van der Waals surface area contributed by atoms with Crippen molar-refractivity contribution in [2.45, 2.75) is 30.7 Å². The first-order valence-electron chi connectivity index (χ1n) is 9.55. The second-order valence-corrected chi connectivity index (χ2v) is 7.66. The van der Waals surface area contributed by atoms with Crippen molar-refractivity contribution in [2.24, 2.45) is 0 Å². The fraction of sp³-hybridized carbons (Fsp3) is 0.600. The van der Waals surface area contributed by atoms with E-state index in [0.717, 1.165) is 37.9 Å². The Morgan fingerprint density at radius 3 is 2.31 bits per heavy atom. The standard InChI is InChI=1S/C20H27N3O3/c1-21-18(24)17(16-5-3-2-4-6-16)15-20(21)7-9-22(10-8-20)19(25)23-11-13-26-14-12-23/h2-6,17H,7-15H2,1H3/t17-/m1/s1. The number of hydrogen-bond acceptors (Lipinski definition) is 3. The van der Waals surface area contributed by atoms with Crippen molar-refractivity contribution in [2.75, 3.05) is 46.4 Å². The van der Waals surface area contributed by atoms with Crippen molar-refractivity contribution >= 4 is 11.9 Å². The van der Waals surface area contributed by atoms with Crippen LogP contribution < -0.4 is 0 Å². The van der Waals surface area contributed by atoms with Gasteiger partial charge in [0.2, 0.25) is 5.91 Å². The SMILES string of the molecule is CN1C(=O)[C@@H](c2ccccc2)CC12CCN(C(=O)N1CCOCC1)CC2. The maximum atomic E-state index is 12.9. The van der Waals surface area contributed by atoms with Crippen LogP contribution in [-0.4, -0.2) is 78.6 Å². The number of carbonyl (C=O) groups is 2. The third kappa shape index (κ3) is 2.96. The Bertz CT molecular complexity index is 664. The maximum Gasteiger partial charge on any atom is 0.320 e. The van der Waals surface area contributed by atoms with Crippen molar-refractivity contribution in [3.8, 4) is 0 Å². The molecule has 3 heterocycles. The fourth-order valence-corrected chi connectivity index (χ4v) is 4.63. The zero-order chi connectivity index (χ0) is 18.1. The quantitative estimate of drug-likeness (QED) is 0.772. The Hall–Kier alpha value is -2.08. The maximum absolute atomic E-state index is 12.9. The number of nitrogens with zero attached hydrogens (tertiary/aromatic N) is 3. The molecule has 0 radical (unpaired) electrons. The molecular formula is C20H27N3O3. The minimum atomic E-state index is -0.112. The molecule has 1 atom stereocenters. The van der Waals surface area contributed by atoms with Crippen LogP contribution in [0.2, 0.25) is 0 Å². The van der Waals surface area contributed by atoms with Crippen molar-refractivity contribution in [1.29, 1.82) is 0 Å². The van der Waals surface area contributed by atoms with E-state index in [1.54, 1.807) is 0 Å². The molecule has 0 N–H and O–H groups in total. The Balaban J connectivity index is 1.43. The summed E-state index contributed by atoms with van der Waals surface area (Å²) in [5, 5.41) is 0. The highest BCUT2D eigenvalue weighted by Gasteiger charge is 2.51. The van der Waals surface area contributed by atoms with Gasteiger partial charge in [0.25, 0.3) is 0 Å². The Labute approximate surface area is 154 Å². The molecule has 1 aromatic rings. The molecule has 3 saturated heterocycles. The molecule has 140 valence electrons. The number of ether oxygens (including phenoxy) is 1. The highest BCUT2D eigenvalue weighted by atomic mass is 16.5. The summed E-state index contributed by atoms with van der Waals surface area (Å²) in [4.78, 5) is 31.4. The Kier molecular flexibility index (Phi) is 4.61. The summed E-state index contributed by atoms with van der Waals surface area (Å²) in [7, 11) is 1.94. The number of piperidine rings is 1. The molecular weight excluding hydrogens is 330 g/mol. The van der Waals surface area contributed by atoms with E-state index in [0.29, 0.717) is 26.3 Å². The summed E-state index contributed by atoms with van der Waals surface area (Å²) in [5.74, 6) is 0.159. The van der Waals surface area contributed by atoms with Crippen molar-refractivity contribution in [3.05, 3.63) is 35.9 Å². The lowest BCUT2D eigenvalue weighted by Crippen LogP contribution is -2.56. The minimum absolute atomic E-state index is 0.0531. The molecule has 3 aliphatic rings. The number of rotatable bonds is 1. The van der Waals surface area contributed by atoms with Gasteiger partial charge >= 0.3 is 6.03 Å². The van der Waals surface area contributed by atoms with E-state index in [1.165, 1.54) is 0 Å². The number of benzene rings is 1. The van der Waals surface area contributed by atoms with Gasteiger partial charge in [0.1, 0.15) is 0 Å². The minimum Gasteiger partial charge on any atom is -0.378 e. The second-order valence-electron chi connectivity index (χ2n) is 7.66. The van der Waals surface area contributed by atoms with Gasteiger partial charge in [-0.15, -0.1) is 0 Å². The number of likely N-dealkylation sites (N-methyl/N-ethyl adjacent to an activating group) is 1. The van der Waals surface area contributed by atoms with Crippen LogP contribution in [0, 0.1) is 0 Å². The predicted octanol–water partition coefficient (Wildman–Crippen LogP) is 1.92. The van der Waals surface area contributed by atoms with E-state index in [4.69, 9.17) is 4.74 Å². The summed E-state index contributed by atoms with van der Waals surface area (Å²) in [5.41, 5.74) is 0.993. The van der Waals surface area contributed by atoms with Crippen LogP contribution in [-0.2, 0) is 9.53 Å². The lowest BCUT2D eigenvalue weighted by Gasteiger charge is -2.44. The molecule has 1 aromatic carbocycles. The molecule has 6 heteroatoms. The first-order chi connectivity index (χ1) is 12.6. The number of amides is 3. The van der Waals surface area contributed by atoms with Crippen molar-refractivity contribution < 1.29 is 14.3 Å². The summed E-state index contributed by atoms with van der Waals surface area (Å²) in [6.07, 6.45) is 2.56. The zero-order valence-electron chi connectivity index (χ0n) is 15.4. The average molecular weight is 357 g/mol. The van der Waals surface area contributed by atoms with Crippen LogP contribution in [0.1, 0.15) is 30.7 Å². The van der Waals surface area contributed by atoms with E-state index in [1.807, 2.05) is 52.1 Å². The Morgan fingerprint density at radius 1 is 1.04 bits per heavy atom. The van der Waals surface area contributed by atoms with E-state index < -0.39 is 0 Å². The van der Waals surface area contributed by atoms with E-state index in [2.05, 4.69) is 0 Å². The molecule has 0 aliphatic carbocycles. The van der Waals surface area contributed by atoms with Crippen molar-refractivity contribution in [1.82, 2.24) is 14.7 Å². The number of likely N-dealkylation sites (tertiary alicyclic amines) is 2. The Morgan fingerprint density at radius 2 is 1.65 bits per heavy atom. The van der Waals surface area contributed by atoms with Gasteiger partial charge < -0.3 is 19.4 Å². The van der Waals surface area contributed by atoms with Crippen LogP contribution in [0.25, 0.3) is 0 Å². The monoisotopic (exact) mass is 357 g/mol. The number of carbonyl (C=O) groups excluding carboxylic acids is 2. The van der Waals surface area contributed by atoms with Gasteiger partial charge in [-0.3, -0.25) is 4.79 Å². The van der Waals surface area contributed by atoms with Crippen LogP contribution >= 0.6 is 0 Å². The fourth-order valence-electron chi connectivity index (χ4n) is 4.63. The molecule has 3 aliphatic heterocycles. The van der Waals surface area contributed by atoms with Gasteiger partial charge in [0.15, 0.2) is 0 Å². The molecule has 1 spiro atoms. The van der Waals surface area contributed by atoms with Gasteiger partial charge in [-0.05, 0) is 24.8 Å². The number of urea groups is 1. The van der Waals surface area contributed by atoms with E-state index >= 15 is 0 Å². The van der Waals surface area contributed by atoms with Crippen LogP contribution in [0.3, 0.4) is 0 Å². The summed E-state index contributed by atoms with van der Waals surface area (Å²) in [6.45, 7) is 4.04. The lowest BCUT2D eigenvalue weighted by molar-refractivity contribution is -0.131. The normalized spacial score (nSPS) is 25.8. The molecule has 6 nitrogen and oxygen atoms in total. The largest absolute Gasteiger partial charge is 0.378 e. The smallest absolute Gasteiger partial charge is 0.320 e. The van der Waals surface area contributed by atoms with E-state index in [9.17, 15) is 9.59 Å². The van der Waals surface area contributed by atoms with Gasteiger partial charge in [0, 0.05) is 38.8 Å². The van der Waals surface area contributed by atoms with Crippen molar-refractivity contribution in [3.63, 3.8) is 0 Å².